The van der Waals surface area contributed by atoms with Crippen molar-refractivity contribution < 1.29 is 23.0 Å². The van der Waals surface area contributed by atoms with Gasteiger partial charge in [-0.2, -0.15) is 19.1 Å². The number of alkyl halides is 2. The lowest BCUT2D eigenvalue weighted by Gasteiger charge is -2.33. The molecule has 2 fully saturated rings. The molecule has 0 unspecified atom stereocenters. The third kappa shape index (κ3) is 4.73. The summed E-state index contributed by atoms with van der Waals surface area (Å²) in [5.74, 6) is 0.181. The number of aromatic nitrogens is 4. The van der Waals surface area contributed by atoms with Gasteiger partial charge < -0.3 is 14.4 Å². The summed E-state index contributed by atoms with van der Waals surface area (Å²) in [6.45, 7) is -2.04. The van der Waals surface area contributed by atoms with Gasteiger partial charge in [0.2, 0.25) is 5.82 Å². The van der Waals surface area contributed by atoms with Crippen LogP contribution >= 0.6 is 11.6 Å². The van der Waals surface area contributed by atoms with Crippen LogP contribution < -0.4 is 10.3 Å². The van der Waals surface area contributed by atoms with Crippen molar-refractivity contribution in [1.29, 1.82) is 5.26 Å². The molecule has 6 rings (SSSR count). The molecule has 4 heterocycles. The van der Waals surface area contributed by atoms with Crippen LogP contribution in [-0.2, 0) is 11.3 Å². The SMILES string of the molecule is N#Cc1nc2cc(-c3cnn(C(F)F)c3)c(O[C@H]3CCN4C(=O)OC[C@@H]4C3)cc2c(=O)n1Cc1ccc(Cl)cc1. The number of rotatable bonds is 6. The summed E-state index contributed by atoms with van der Waals surface area (Å²) >= 11 is 5.98. The van der Waals surface area contributed by atoms with E-state index in [9.17, 15) is 23.6 Å². The van der Waals surface area contributed by atoms with E-state index in [-0.39, 0.29) is 53.9 Å². The minimum Gasteiger partial charge on any atom is -0.490 e. The lowest BCUT2D eigenvalue weighted by Crippen LogP contribution is -2.44. The van der Waals surface area contributed by atoms with E-state index in [2.05, 4.69) is 10.1 Å². The van der Waals surface area contributed by atoms with Crippen LogP contribution in [0.5, 0.6) is 5.75 Å². The largest absolute Gasteiger partial charge is 0.490 e. The molecule has 13 heteroatoms. The topological polar surface area (TPSA) is 115 Å². The maximum atomic E-state index is 13.7. The highest BCUT2D eigenvalue weighted by atomic mass is 35.5. The molecule has 2 aliphatic rings. The van der Waals surface area contributed by atoms with Crippen LogP contribution in [0.4, 0.5) is 13.6 Å². The molecule has 2 aromatic carbocycles. The zero-order chi connectivity index (χ0) is 28.0. The van der Waals surface area contributed by atoms with Crippen molar-refractivity contribution >= 4 is 28.6 Å². The summed E-state index contributed by atoms with van der Waals surface area (Å²) in [6.07, 6.45) is 2.81. The standard InChI is InChI=1S/C27H21ClF2N6O4/c28-17-3-1-15(2-4-17)12-35-24(10-31)33-22-8-20(16-11-32-36(13-16)26(29)30)23(9-21(22)25(35)37)40-19-5-6-34-18(7-19)14-39-27(34)38/h1-4,8-9,11,13,18-19,26H,5-7,12,14H2/t18-,19-/m0/s1. The molecule has 0 bridgehead atoms. The van der Waals surface area contributed by atoms with E-state index in [1.54, 1.807) is 35.2 Å². The maximum absolute atomic E-state index is 13.7. The van der Waals surface area contributed by atoms with Gasteiger partial charge in [-0.05, 0) is 29.8 Å². The number of carbonyl (C=O) groups excluding carboxylic acids is 1. The minimum atomic E-state index is -2.84. The number of halogens is 3. The van der Waals surface area contributed by atoms with Gasteiger partial charge in [-0.1, -0.05) is 23.7 Å². The van der Waals surface area contributed by atoms with Crippen LogP contribution in [0, 0.1) is 11.3 Å². The highest BCUT2D eigenvalue weighted by Gasteiger charge is 2.39. The third-order valence-electron chi connectivity index (χ3n) is 7.12. The fourth-order valence-corrected chi connectivity index (χ4v) is 5.24. The number of nitriles is 1. The predicted molar refractivity (Wildman–Crippen MR) is 139 cm³/mol. The molecule has 0 N–H and O–H groups in total. The number of cyclic esters (lactones) is 1. The number of benzene rings is 2. The van der Waals surface area contributed by atoms with Gasteiger partial charge in [0.1, 0.15) is 24.5 Å². The number of amides is 1. The molecule has 0 aliphatic carbocycles. The first-order valence-corrected chi connectivity index (χ1v) is 12.8. The Morgan fingerprint density at radius 1 is 1.23 bits per heavy atom. The molecule has 2 saturated heterocycles. The molecule has 2 aromatic heterocycles. The van der Waals surface area contributed by atoms with E-state index in [0.29, 0.717) is 40.2 Å². The Kier molecular flexibility index (Phi) is 6.59. The van der Waals surface area contributed by atoms with Crippen LogP contribution in [0.2, 0.25) is 5.02 Å². The number of fused-ring (bicyclic) bond motifs is 2. The molecule has 40 heavy (non-hydrogen) atoms. The van der Waals surface area contributed by atoms with Gasteiger partial charge in [0.25, 0.3) is 5.56 Å². The molecule has 2 atom stereocenters. The summed E-state index contributed by atoms with van der Waals surface area (Å²) in [5, 5.41) is 14.3. The highest BCUT2D eigenvalue weighted by Crippen LogP contribution is 2.36. The van der Waals surface area contributed by atoms with Crippen molar-refractivity contribution in [2.45, 2.75) is 38.1 Å². The van der Waals surface area contributed by atoms with E-state index in [4.69, 9.17) is 21.1 Å². The maximum Gasteiger partial charge on any atom is 0.410 e. The van der Waals surface area contributed by atoms with Gasteiger partial charge in [-0.25, -0.2) is 14.5 Å². The Bertz CT molecular complexity index is 1720. The van der Waals surface area contributed by atoms with Gasteiger partial charge in [-0.3, -0.25) is 9.36 Å². The van der Waals surface area contributed by atoms with Crippen LogP contribution in [0.1, 0.15) is 30.8 Å². The first-order chi connectivity index (χ1) is 19.3. The monoisotopic (exact) mass is 566 g/mol. The molecule has 204 valence electrons. The number of piperidine rings is 1. The summed E-state index contributed by atoms with van der Waals surface area (Å²) in [5.41, 5.74) is 1.23. The lowest BCUT2D eigenvalue weighted by molar-refractivity contribution is 0.0566. The summed E-state index contributed by atoms with van der Waals surface area (Å²) in [6, 6.07) is 11.8. The normalized spacial score (nSPS) is 18.6. The zero-order valence-corrected chi connectivity index (χ0v) is 21.6. The van der Waals surface area contributed by atoms with Gasteiger partial charge in [0, 0.05) is 41.7 Å². The molecule has 1 amide bonds. The molecule has 2 aliphatic heterocycles. The second kappa shape index (κ2) is 10.2. The van der Waals surface area contributed by atoms with E-state index in [1.165, 1.54) is 23.0 Å². The summed E-state index contributed by atoms with van der Waals surface area (Å²) in [7, 11) is 0. The Labute approximate surface area is 230 Å². The van der Waals surface area contributed by atoms with Crippen molar-refractivity contribution in [2.24, 2.45) is 0 Å². The molecule has 4 aromatic rings. The van der Waals surface area contributed by atoms with Gasteiger partial charge in [0.15, 0.2) is 0 Å². The van der Waals surface area contributed by atoms with Gasteiger partial charge in [-0.15, -0.1) is 0 Å². The minimum absolute atomic E-state index is 0.0924. The van der Waals surface area contributed by atoms with E-state index < -0.39 is 12.1 Å². The number of hydrogen-bond donors (Lipinski definition) is 0. The lowest BCUT2D eigenvalue weighted by atomic mass is 10.0. The summed E-state index contributed by atoms with van der Waals surface area (Å²) in [4.78, 5) is 31.7. The Morgan fingerprint density at radius 2 is 2.02 bits per heavy atom. The Morgan fingerprint density at radius 3 is 2.75 bits per heavy atom. The predicted octanol–water partition coefficient (Wildman–Crippen LogP) is 4.59. The second-order valence-corrected chi connectivity index (χ2v) is 10.0. The Balaban J connectivity index is 1.44. The highest BCUT2D eigenvalue weighted by molar-refractivity contribution is 6.30. The smallest absolute Gasteiger partial charge is 0.410 e. The number of ether oxygens (including phenoxy) is 2. The summed E-state index contributed by atoms with van der Waals surface area (Å²) < 4.78 is 39.9. The second-order valence-electron chi connectivity index (χ2n) is 9.61. The zero-order valence-electron chi connectivity index (χ0n) is 20.8. The fraction of sp³-hybridized carbons (Fsp3) is 0.296. The number of nitrogens with zero attached hydrogens (tertiary/aromatic N) is 6. The molecule has 0 radical (unpaired) electrons. The molecular weight excluding hydrogens is 546 g/mol. The quantitative estimate of drug-likeness (QED) is 0.335. The van der Waals surface area contributed by atoms with E-state index >= 15 is 0 Å². The van der Waals surface area contributed by atoms with E-state index in [1.807, 2.05) is 6.07 Å². The first-order valence-electron chi connectivity index (χ1n) is 12.5. The van der Waals surface area contributed by atoms with Crippen molar-refractivity contribution in [3.8, 4) is 22.9 Å². The van der Waals surface area contributed by atoms with Gasteiger partial charge in [0.05, 0.1) is 29.7 Å². The average molecular weight is 567 g/mol. The molecule has 0 saturated carbocycles. The molecule has 10 nitrogen and oxygen atoms in total. The fourth-order valence-electron chi connectivity index (χ4n) is 5.11. The number of carbonyl (C=O) groups is 1. The molecule has 0 spiro atoms. The van der Waals surface area contributed by atoms with Crippen molar-refractivity contribution in [3.05, 3.63) is 75.6 Å². The van der Waals surface area contributed by atoms with Gasteiger partial charge >= 0.3 is 12.6 Å². The first kappa shape index (κ1) is 25.8. The van der Waals surface area contributed by atoms with Crippen LogP contribution in [-0.4, -0.2) is 55.6 Å². The van der Waals surface area contributed by atoms with Crippen molar-refractivity contribution in [3.63, 3.8) is 0 Å². The average Bonchev–Trinajstić information content (AvgIpc) is 3.58. The van der Waals surface area contributed by atoms with Crippen LogP contribution in [0.3, 0.4) is 0 Å². The molecular formula is C27H21ClF2N6O4. The van der Waals surface area contributed by atoms with Crippen molar-refractivity contribution in [2.75, 3.05) is 13.2 Å². The van der Waals surface area contributed by atoms with Crippen molar-refractivity contribution in [1.82, 2.24) is 24.2 Å². The third-order valence-corrected chi connectivity index (χ3v) is 7.37. The number of hydrogen-bond acceptors (Lipinski definition) is 7. The van der Waals surface area contributed by atoms with E-state index in [0.717, 1.165) is 5.56 Å². The van der Waals surface area contributed by atoms with Crippen LogP contribution in [0.25, 0.3) is 22.0 Å². The Hall–Kier alpha value is -4.50. The van der Waals surface area contributed by atoms with Crippen LogP contribution in [0.15, 0.2) is 53.6 Å².